The van der Waals surface area contributed by atoms with Gasteiger partial charge in [0.25, 0.3) is 0 Å². The van der Waals surface area contributed by atoms with Crippen LogP contribution in [-0.4, -0.2) is 25.9 Å². The Bertz CT molecular complexity index is 284. The summed E-state index contributed by atoms with van der Waals surface area (Å²) < 4.78 is 11.4. The highest BCUT2D eigenvalue weighted by Gasteiger charge is 2.34. The lowest BCUT2D eigenvalue weighted by Crippen LogP contribution is -2.39. The van der Waals surface area contributed by atoms with Crippen molar-refractivity contribution in [1.29, 1.82) is 0 Å². The molecule has 0 spiro atoms. The fraction of sp³-hybridized carbons (Fsp3) is 0.905. The van der Waals surface area contributed by atoms with E-state index in [9.17, 15) is 0 Å². The molecular formula is C21H42O2. The molecule has 0 aromatic heterocycles. The number of hydrogen-bond donors (Lipinski definition) is 0. The van der Waals surface area contributed by atoms with Crippen LogP contribution in [0.1, 0.15) is 86.0 Å². The van der Waals surface area contributed by atoms with Crippen LogP contribution in [0.5, 0.6) is 0 Å². The molecule has 2 unspecified atom stereocenters. The van der Waals surface area contributed by atoms with Gasteiger partial charge in [0.05, 0.1) is 5.60 Å². The third-order valence-electron chi connectivity index (χ3n) is 4.87. The summed E-state index contributed by atoms with van der Waals surface area (Å²) >= 11 is 0. The van der Waals surface area contributed by atoms with Gasteiger partial charge in [-0.15, -0.1) is 0 Å². The lowest BCUT2D eigenvalue weighted by Gasteiger charge is -2.39. The van der Waals surface area contributed by atoms with Gasteiger partial charge in [-0.25, -0.2) is 0 Å². The van der Waals surface area contributed by atoms with Gasteiger partial charge in [-0.3, -0.25) is 0 Å². The van der Waals surface area contributed by atoms with E-state index >= 15 is 0 Å². The van der Waals surface area contributed by atoms with Crippen LogP contribution >= 0.6 is 0 Å². The first-order chi connectivity index (χ1) is 11.0. The van der Waals surface area contributed by atoms with E-state index < -0.39 is 0 Å². The van der Waals surface area contributed by atoms with Crippen molar-refractivity contribution in [3.63, 3.8) is 0 Å². The van der Waals surface area contributed by atoms with Gasteiger partial charge in [0.1, 0.15) is 0 Å². The van der Waals surface area contributed by atoms with Crippen LogP contribution in [0.2, 0.25) is 0 Å². The summed E-state index contributed by atoms with van der Waals surface area (Å²) in [6, 6.07) is 0. The first-order valence-electron chi connectivity index (χ1n) is 9.79. The third-order valence-corrected chi connectivity index (χ3v) is 4.87. The predicted molar refractivity (Wildman–Crippen MR) is 102 cm³/mol. The lowest BCUT2D eigenvalue weighted by molar-refractivity contribution is -0.0720. The molecule has 0 bridgehead atoms. The molecule has 0 aliphatic carbocycles. The second-order valence-corrected chi connectivity index (χ2v) is 7.17. The molecule has 0 rings (SSSR count). The van der Waals surface area contributed by atoms with Crippen molar-refractivity contribution in [3.05, 3.63) is 12.2 Å². The molecule has 0 saturated heterocycles. The van der Waals surface area contributed by atoms with Crippen molar-refractivity contribution in [2.24, 2.45) is 11.8 Å². The number of allylic oxidation sites excluding steroid dienone is 2. The highest BCUT2D eigenvalue weighted by atomic mass is 16.5. The van der Waals surface area contributed by atoms with Crippen molar-refractivity contribution >= 4 is 0 Å². The summed E-state index contributed by atoms with van der Waals surface area (Å²) in [5.74, 6) is 1.17. The zero-order chi connectivity index (χ0) is 17.6. The molecule has 2 heteroatoms. The Morgan fingerprint density at radius 3 is 2.22 bits per heavy atom. The molecule has 0 aliphatic rings. The summed E-state index contributed by atoms with van der Waals surface area (Å²) in [6.07, 6.45) is 15.0. The molecule has 0 radical (unpaired) electrons. The van der Waals surface area contributed by atoms with Gasteiger partial charge < -0.3 is 9.47 Å². The standard InChI is InChI=1S/C21H42O2/c1-7-10-11-12-13-16-19(15-8-2)20(17-14-18-22-6)21(4,5)23-9-3/h8,15,19-20H,7,9-14,16-18H2,1-6H3. The van der Waals surface area contributed by atoms with Gasteiger partial charge in [-0.1, -0.05) is 51.2 Å². The van der Waals surface area contributed by atoms with Crippen LogP contribution in [0, 0.1) is 11.8 Å². The molecule has 23 heavy (non-hydrogen) atoms. The Balaban J connectivity index is 4.78. The Kier molecular flexibility index (Phi) is 13.8. The normalized spacial score (nSPS) is 15.2. The van der Waals surface area contributed by atoms with Gasteiger partial charge in [-0.2, -0.15) is 0 Å². The maximum atomic E-state index is 6.12. The van der Waals surface area contributed by atoms with Crippen molar-refractivity contribution in [3.8, 4) is 0 Å². The smallest absolute Gasteiger partial charge is 0.0660 e. The molecule has 2 atom stereocenters. The Labute approximate surface area is 146 Å². The minimum atomic E-state index is -0.0733. The molecule has 0 saturated carbocycles. The highest BCUT2D eigenvalue weighted by Crippen LogP contribution is 2.36. The van der Waals surface area contributed by atoms with Gasteiger partial charge in [-0.05, 0) is 58.8 Å². The number of rotatable bonds is 15. The first kappa shape index (κ1) is 22.7. The van der Waals surface area contributed by atoms with E-state index in [1.54, 1.807) is 7.11 Å². The quantitative estimate of drug-likeness (QED) is 0.256. The lowest BCUT2D eigenvalue weighted by atomic mass is 9.74. The highest BCUT2D eigenvalue weighted by molar-refractivity contribution is 4.95. The summed E-state index contributed by atoms with van der Waals surface area (Å²) in [5, 5.41) is 0. The Hall–Kier alpha value is -0.340. The average molecular weight is 327 g/mol. The maximum absolute atomic E-state index is 6.12. The van der Waals surface area contributed by atoms with E-state index in [1.165, 1.54) is 44.9 Å². The Morgan fingerprint density at radius 2 is 1.65 bits per heavy atom. The summed E-state index contributed by atoms with van der Waals surface area (Å²) in [7, 11) is 1.79. The van der Waals surface area contributed by atoms with Gasteiger partial charge >= 0.3 is 0 Å². The third kappa shape index (κ3) is 10.2. The summed E-state index contributed by atoms with van der Waals surface area (Å²) in [5.41, 5.74) is -0.0733. The van der Waals surface area contributed by atoms with Crippen LogP contribution in [0.4, 0.5) is 0 Å². The molecule has 0 aromatic carbocycles. The van der Waals surface area contributed by atoms with E-state index in [0.29, 0.717) is 11.8 Å². The van der Waals surface area contributed by atoms with Crippen molar-refractivity contribution in [1.82, 2.24) is 0 Å². The average Bonchev–Trinajstić information content (AvgIpc) is 2.50. The van der Waals surface area contributed by atoms with Crippen molar-refractivity contribution in [2.75, 3.05) is 20.3 Å². The summed E-state index contributed by atoms with van der Waals surface area (Å²) in [4.78, 5) is 0. The summed E-state index contributed by atoms with van der Waals surface area (Å²) in [6.45, 7) is 12.7. The maximum Gasteiger partial charge on any atom is 0.0660 e. The molecule has 138 valence electrons. The van der Waals surface area contributed by atoms with Crippen LogP contribution in [0.25, 0.3) is 0 Å². The molecule has 2 nitrogen and oxygen atoms in total. The zero-order valence-electron chi connectivity index (χ0n) is 16.7. The van der Waals surface area contributed by atoms with Crippen molar-refractivity contribution in [2.45, 2.75) is 91.6 Å². The molecule has 0 heterocycles. The SMILES string of the molecule is CC=CC(CCCCCCC)C(CCCOC)C(C)(C)OCC. The van der Waals surface area contributed by atoms with Crippen LogP contribution in [-0.2, 0) is 9.47 Å². The second-order valence-electron chi connectivity index (χ2n) is 7.17. The van der Waals surface area contributed by atoms with E-state index in [4.69, 9.17) is 9.47 Å². The van der Waals surface area contributed by atoms with E-state index in [1.807, 2.05) is 0 Å². The molecule has 0 N–H and O–H groups in total. The fourth-order valence-corrected chi connectivity index (χ4v) is 3.67. The number of unbranched alkanes of at least 4 members (excludes halogenated alkanes) is 4. The Morgan fingerprint density at radius 1 is 0.957 bits per heavy atom. The van der Waals surface area contributed by atoms with E-state index in [2.05, 4.69) is 46.8 Å². The van der Waals surface area contributed by atoms with Gasteiger partial charge in [0.2, 0.25) is 0 Å². The van der Waals surface area contributed by atoms with Crippen LogP contribution in [0.15, 0.2) is 12.2 Å². The van der Waals surface area contributed by atoms with Crippen LogP contribution < -0.4 is 0 Å². The van der Waals surface area contributed by atoms with Crippen molar-refractivity contribution < 1.29 is 9.47 Å². The molecular weight excluding hydrogens is 284 g/mol. The number of hydrogen-bond acceptors (Lipinski definition) is 2. The monoisotopic (exact) mass is 326 g/mol. The number of methoxy groups -OCH3 is 1. The minimum absolute atomic E-state index is 0.0733. The van der Waals surface area contributed by atoms with Crippen LogP contribution in [0.3, 0.4) is 0 Å². The van der Waals surface area contributed by atoms with Gasteiger partial charge in [0, 0.05) is 20.3 Å². The molecule has 0 fully saturated rings. The van der Waals surface area contributed by atoms with E-state index in [-0.39, 0.29) is 5.60 Å². The minimum Gasteiger partial charge on any atom is -0.385 e. The molecule has 0 aliphatic heterocycles. The van der Waals surface area contributed by atoms with E-state index in [0.717, 1.165) is 19.6 Å². The molecule has 0 amide bonds. The fourth-order valence-electron chi connectivity index (χ4n) is 3.67. The van der Waals surface area contributed by atoms with Gasteiger partial charge in [0.15, 0.2) is 0 Å². The zero-order valence-corrected chi connectivity index (χ0v) is 16.7. The molecule has 0 aromatic rings. The predicted octanol–water partition coefficient (Wildman–Crippen LogP) is 6.40. The second kappa shape index (κ2) is 14.0. The number of ether oxygens (including phenoxy) is 2. The topological polar surface area (TPSA) is 18.5 Å². The largest absolute Gasteiger partial charge is 0.385 e. The first-order valence-corrected chi connectivity index (χ1v) is 9.79.